The molecule has 1 aliphatic heterocycles. The average molecular weight is 268 g/mol. The molecule has 0 aromatic carbocycles. The molecule has 1 amide bonds. The molecular formula is C14H24N2O3. The molecule has 1 N–H and O–H groups in total. The van der Waals surface area contributed by atoms with E-state index in [2.05, 4.69) is 6.58 Å². The van der Waals surface area contributed by atoms with Crippen LogP contribution in [0, 0.1) is 0 Å². The number of hydrogen-bond acceptors (Lipinski definition) is 3. The van der Waals surface area contributed by atoms with Crippen LogP contribution in [0.3, 0.4) is 0 Å². The second kappa shape index (κ2) is 9.33. The fourth-order valence-electron chi connectivity index (χ4n) is 1.49. The van der Waals surface area contributed by atoms with Crippen LogP contribution in [0.2, 0.25) is 0 Å². The van der Waals surface area contributed by atoms with Gasteiger partial charge in [0, 0.05) is 25.1 Å². The summed E-state index contributed by atoms with van der Waals surface area (Å²) in [6, 6.07) is 0. The third-order valence-electron chi connectivity index (χ3n) is 2.69. The highest BCUT2D eigenvalue weighted by Crippen LogP contribution is 2.08. The maximum Gasteiger partial charge on any atom is 0.330 e. The van der Waals surface area contributed by atoms with Gasteiger partial charge in [0.25, 0.3) is 0 Å². The minimum Gasteiger partial charge on any atom is -0.478 e. The van der Waals surface area contributed by atoms with E-state index >= 15 is 0 Å². The minimum absolute atomic E-state index is 0.208. The summed E-state index contributed by atoms with van der Waals surface area (Å²) in [6.07, 6.45) is 5.82. The van der Waals surface area contributed by atoms with Gasteiger partial charge in [0.05, 0.1) is 0 Å². The molecule has 19 heavy (non-hydrogen) atoms. The van der Waals surface area contributed by atoms with E-state index in [1.165, 1.54) is 0 Å². The van der Waals surface area contributed by atoms with Crippen molar-refractivity contribution in [3.05, 3.63) is 24.4 Å². The van der Waals surface area contributed by atoms with Crippen LogP contribution in [0.25, 0.3) is 0 Å². The molecular weight excluding hydrogens is 244 g/mol. The Morgan fingerprint density at radius 1 is 1.53 bits per heavy atom. The molecule has 5 nitrogen and oxygen atoms in total. The molecule has 1 fully saturated rings. The van der Waals surface area contributed by atoms with Crippen LogP contribution in [-0.2, 0) is 9.59 Å². The van der Waals surface area contributed by atoms with E-state index in [0.717, 1.165) is 25.9 Å². The zero-order chi connectivity index (χ0) is 14.8. The zero-order valence-corrected chi connectivity index (χ0v) is 12.1. The maximum atomic E-state index is 10.7. The molecule has 0 aromatic heterocycles. The number of carboxylic acid groups (broad SMARTS) is 1. The number of carbonyl (C=O) groups excluding carboxylic acids is 1. The summed E-state index contributed by atoms with van der Waals surface area (Å²) in [5.41, 5.74) is 0.423. The summed E-state index contributed by atoms with van der Waals surface area (Å²) in [5.74, 6) is -0.622. The largest absolute Gasteiger partial charge is 0.478 e. The van der Waals surface area contributed by atoms with Crippen molar-refractivity contribution in [1.82, 2.24) is 9.80 Å². The molecule has 0 spiro atoms. The van der Waals surface area contributed by atoms with Crippen LogP contribution in [0.15, 0.2) is 24.4 Å². The summed E-state index contributed by atoms with van der Waals surface area (Å²) >= 11 is 0. The van der Waals surface area contributed by atoms with Gasteiger partial charge in [-0.15, -0.1) is 0 Å². The number of likely N-dealkylation sites (tertiary alicyclic amines) is 1. The quantitative estimate of drug-likeness (QED) is 0.771. The monoisotopic (exact) mass is 268 g/mol. The van der Waals surface area contributed by atoms with Crippen molar-refractivity contribution in [2.75, 3.05) is 27.2 Å². The Kier molecular flexibility index (Phi) is 8.53. The van der Waals surface area contributed by atoms with Crippen LogP contribution >= 0.6 is 0 Å². The number of hydrogen-bond donors (Lipinski definition) is 1. The van der Waals surface area contributed by atoms with Gasteiger partial charge in [-0.1, -0.05) is 12.7 Å². The van der Waals surface area contributed by atoms with Gasteiger partial charge in [0.15, 0.2) is 0 Å². The van der Waals surface area contributed by atoms with Gasteiger partial charge in [-0.05, 0) is 40.1 Å². The van der Waals surface area contributed by atoms with E-state index in [1.54, 1.807) is 24.1 Å². The number of carboxylic acids is 1. The normalized spacial score (nSPS) is 15.3. The molecule has 1 rings (SSSR count). The van der Waals surface area contributed by atoms with Gasteiger partial charge >= 0.3 is 5.97 Å². The van der Waals surface area contributed by atoms with E-state index in [4.69, 9.17) is 5.11 Å². The number of aliphatic carboxylic acids is 1. The summed E-state index contributed by atoms with van der Waals surface area (Å²) in [7, 11) is 3.92. The number of carbonyl (C=O) groups is 2. The van der Waals surface area contributed by atoms with Crippen LogP contribution in [0.4, 0.5) is 0 Å². The molecule has 1 saturated heterocycles. The van der Waals surface area contributed by atoms with Crippen molar-refractivity contribution in [2.24, 2.45) is 0 Å². The Morgan fingerprint density at radius 3 is 2.47 bits per heavy atom. The third kappa shape index (κ3) is 8.15. The lowest BCUT2D eigenvalue weighted by Gasteiger charge is -2.05. The Morgan fingerprint density at radius 2 is 2.16 bits per heavy atom. The van der Waals surface area contributed by atoms with Gasteiger partial charge in [-0.3, -0.25) is 4.79 Å². The van der Waals surface area contributed by atoms with Gasteiger partial charge in [0.2, 0.25) is 5.91 Å². The van der Waals surface area contributed by atoms with E-state index in [9.17, 15) is 9.59 Å². The number of rotatable bonds is 5. The summed E-state index contributed by atoms with van der Waals surface area (Å²) in [4.78, 5) is 24.6. The molecule has 5 heteroatoms. The lowest BCUT2D eigenvalue weighted by Crippen LogP contribution is -2.16. The van der Waals surface area contributed by atoms with Gasteiger partial charge < -0.3 is 14.9 Å². The van der Waals surface area contributed by atoms with Crippen molar-refractivity contribution in [2.45, 2.75) is 26.2 Å². The van der Waals surface area contributed by atoms with E-state index < -0.39 is 5.97 Å². The third-order valence-corrected chi connectivity index (χ3v) is 2.69. The summed E-state index contributed by atoms with van der Waals surface area (Å²) < 4.78 is 0. The molecule has 0 bridgehead atoms. The molecule has 0 aromatic rings. The van der Waals surface area contributed by atoms with Gasteiger partial charge in [-0.25, -0.2) is 4.79 Å². The topological polar surface area (TPSA) is 60.9 Å². The van der Waals surface area contributed by atoms with Gasteiger partial charge in [-0.2, -0.15) is 0 Å². The highest BCUT2D eigenvalue weighted by molar-refractivity contribution is 5.85. The highest BCUT2D eigenvalue weighted by Gasteiger charge is 2.15. The second-order valence-corrected chi connectivity index (χ2v) is 4.66. The van der Waals surface area contributed by atoms with E-state index in [1.807, 2.05) is 19.0 Å². The second-order valence-electron chi connectivity index (χ2n) is 4.66. The first-order valence-corrected chi connectivity index (χ1v) is 6.35. The minimum atomic E-state index is -0.830. The lowest BCUT2D eigenvalue weighted by atomic mass is 10.2. The van der Waals surface area contributed by atoms with Crippen LogP contribution in [0.1, 0.15) is 26.2 Å². The predicted molar refractivity (Wildman–Crippen MR) is 75.7 cm³/mol. The molecule has 0 atom stereocenters. The molecule has 0 saturated carbocycles. The molecule has 1 aliphatic rings. The molecule has 0 unspecified atom stereocenters. The first kappa shape index (κ1) is 17.4. The molecule has 0 radical (unpaired) electrons. The fourth-order valence-corrected chi connectivity index (χ4v) is 1.49. The number of nitrogens with zero attached hydrogens (tertiary/aromatic N) is 2. The summed E-state index contributed by atoms with van der Waals surface area (Å²) in [5, 5.41) is 8.47. The average Bonchev–Trinajstić information content (AvgIpc) is 2.74. The SMILES string of the molecule is C=CN1CCCC1=O.CC(=CCCN(C)C)C(=O)O. The van der Waals surface area contributed by atoms with Gasteiger partial charge in [0.1, 0.15) is 0 Å². The van der Waals surface area contributed by atoms with E-state index in [0.29, 0.717) is 12.0 Å². The van der Waals surface area contributed by atoms with Crippen molar-refractivity contribution in [3.8, 4) is 0 Å². The maximum absolute atomic E-state index is 10.7. The molecule has 0 aliphatic carbocycles. The Labute approximate surface area is 115 Å². The Balaban J connectivity index is 0.000000356. The smallest absolute Gasteiger partial charge is 0.330 e. The van der Waals surface area contributed by atoms with Crippen LogP contribution in [-0.4, -0.2) is 54.0 Å². The van der Waals surface area contributed by atoms with Crippen LogP contribution < -0.4 is 0 Å². The fraction of sp³-hybridized carbons (Fsp3) is 0.571. The Hall–Kier alpha value is -1.62. The number of amides is 1. The Bertz CT molecular complexity index is 349. The van der Waals surface area contributed by atoms with E-state index in [-0.39, 0.29) is 5.91 Å². The predicted octanol–water partition coefficient (Wildman–Crippen LogP) is 1.72. The van der Waals surface area contributed by atoms with Crippen molar-refractivity contribution in [3.63, 3.8) is 0 Å². The highest BCUT2D eigenvalue weighted by atomic mass is 16.4. The summed E-state index contributed by atoms with van der Waals surface area (Å²) in [6.45, 7) is 6.86. The van der Waals surface area contributed by atoms with Crippen molar-refractivity contribution in [1.29, 1.82) is 0 Å². The first-order valence-electron chi connectivity index (χ1n) is 6.35. The van der Waals surface area contributed by atoms with Crippen LogP contribution in [0.5, 0.6) is 0 Å². The molecule has 1 heterocycles. The van der Waals surface area contributed by atoms with Crippen molar-refractivity contribution >= 4 is 11.9 Å². The molecule has 108 valence electrons. The standard InChI is InChI=1S/C8H15NO2.C6H9NO/c1-7(8(10)11)5-4-6-9(2)3;1-2-7-5-3-4-6(7)8/h5H,4,6H2,1-3H3,(H,10,11);2H,1,3-5H2. The zero-order valence-electron chi connectivity index (χ0n) is 12.1. The van der Waals surface area contributed by atoms with Crippen molar-refractivity contribution < 1.29 is 14.7 Å². The lowest BCUT2D eigenvalue weighted by molar-refractivity contribution is -0.132. The first-order chi connectivity index (χ1) is 8.88.